The number of hydrogen-bond acceptors (Lipinski definition) is 3. The number of likely N-dealkylation sites (tertiary alicyclic amines) is 1. The Hall–Kier alpha value is 0.170. The van der Waals surface area contributed by atoms with Gasteiger partial charge in [-0.3, -0.25) is 0 Å². The molecule has 3 N–H and O–H groups in total. The van der Waals surface area contributed by atoms with E-state index in [9.17, 15) is 5.11 Å². The van der Waals surface area contributed by atoms with Crippen LogP contribution in [0.1, 0.15) is 40.0 Å². The molecule has 1 fully saturated rings. The van der Waals surface area contributed by atoms with Gasteiger partial charge in [-0.25, -0.2) is 0 Å². The molecule has 1 atom stereocenters. The SMILES string of the molecule is CCC1(CO)CCCN(CC(C)(C)N)C1.Cl. The highest BCUT2D eigenvalue weighted by molar-refractivity contribution is 5.85. The molecule has 0 bridgehead atoms. The molecule has 98 valence electrons. The van der Waals surface area contributed by atoms with Crippen LogP contribution in [0.3, 0.4) is 0 Å². The topological polar surface area (TPSA) is 49.5 Å². The maximum Gasteiger partial charge on any atom is 0.0499 e. The molecule has 1 heterocycles. The van der Waals surface area contributed by atoms with Gasteiger partial charge in [0.05, 0.1) is 0 Å². The van der Waals surface area contributed by atoms with Crippen molar-refractivity contribution >= 4 is 12.4 Å². The number of piperidine rings is 1. The summed E-state index contributed by atoms with van der Waals surface area (Å²) in [6.45, 7) is 9.67. The molecule has 1 rings (SSSR count). The third-order valence-electron chi connectivity index (χ3n) is 3.46. The monoisotopic (exact) mass is 250 g/mol. The smallest absolute Gasteiger partial charge is 0.0499 e. The highest BCUT2D eigenvalue weighted by Gasteiger charge is 2.34. The van der Waals surface area contributed by atoms with Gasteiger partial charge in [-0.2, -0.15) is 0 Å². The van der Waals surface area contributed by atoms with E-state index >= 15 is 0 Å². The van der Waals surface area contributed by atoms with Crippen molar-refractivity contribution in [2.45, 2.75) is 45.6 Å². The third kappa shape index (κ3) is 4.58. The van der Waals surface area contributed by atoms with E-state index in [-0.39, 0.29) is 23.4 Å². The number of nitrogens with two attached hydrogens (primary N) is 1. The average molecular weight is 251 g/mol. The van der Waals surface area contributed by atoms with Crippen LogP contribution >= 0.6 is 12.4 Å². The lowest BCUT2D eigenvalue weighted by molar-refractivity contribution is 0.0223. The minimum atomic E-state index is -0.133. The maximum atomic E-state index is 9.50. The average Bonchev–Trinajstić information content (AvgIpc) is 2.15. The Balaban J connectivity index is 0.00000225. The summed E-state index contributed by atoms with van der Waals surface area (Å²) in [7, 11) is 0. The first-order chi connectivity index (χ1) is 6.91. The van der Waals surface area contributed by atoms with Crippen LogP contribution in [-0.2, 0) is 0 Å². The van der Waals surface area contributed by atoms with Crippen LogP contribution in [0.2, 0.25) is 0 Å². The van der Waals surface area contributed by atoms with Gasteiger partial charge in [0, 0.05) is 30.7 Å². The highest BCUT2D eigenvalue weighted by atomic mass is 35.5. The van der Waals surface area contributed by atoms with Crippen molar-refractivity contribution in [1.29, 1.82) is 0 Å². The van der Waals surface area contributed by atoms with Gasteiger partial charge in [-0.1, -0.05) is 6.92 Å². The molecule has 16 heavy (non-hydrogen) atoms. The Bertz CT molecular complexity index is 200. The lowest BCUT2D eigenvalue weighted by Gasteiger charge is -2.43. The second kappa shape index (κ2) is 6.20. The summed E-state index contributed by atoms with van der Waals surface area (Å²) in [5, 5.41) is 9.50. The van der Waals surface area contributed by atoms with Gasteiger partial charge in [0.1, 0.15) is 0 Å². The van der Waals surface area contributed by atoms with Gasteiger partial charge in [0.15, 0.2) is 0 Å². The number of aliphatic hydroxyl groups excluding tert-OH is 1. The number of nitrogens with zero attached hydrogens (tertiary/aromatic N) is 1. The minimum absolute atomic E-state index is 0. The molecule has 0 spiro atoms. The second-order valence-corrected chi connectivity index (χ2v) is 5.81. The Morgan fingerprint density at radius 2 is 2.06 bits per heavy atom. The zero-order chi connectivity index (χ0) is 11.5. The Morgan fingerprint density at radius 3 is 2.50 bits per heavy atom. The van der Waals surface area contributed by atoms with Crippen molar-refractivity contribution in [3.05, 3.63) is 0 Å². The van der Waals surface area contributed by atoms with E-state index in [1.807, 2.05) is 0 Å². The zero-order valence-electron chi connectivity index (χ0n) is 10.8. The molecular formula is C12H27ClN2O. The van der Waals surface area contributed by atoms with E-state index in [0.717, 1.165) is 32.5 Å². The van der Waals surface area contributed by atoms with E-state index in [1.54, 1.807) is 0 Å². The van der Waals surface area contributed by atoms with Crippen molar-refractivity contribution in [2.24, 2.45) is 11.1 Å². The van der Waals surface area contributed by atoms with E-state index in [0.29, 0.717) is 6.61 Å². The van der Waals surface area contributed by atoms with Crippen LogP contribution in [0.4, 0.5) is 0 Å². The Labute approximate surface area is 106 Å². The number of rotatable bonds is 4. The molecule has 0 aromatic heterocycles. The van der Waals surface area contributed by atoms with Gasteiger partial charge in [-0.15, -0.1) is 12.4 Å². The molecule has 0 saturated carbocycles. The maximum absolute atomic E-state index is 9.50. The van der Waals surface area contributed by atoms with Crippen LogP contribution in [0.15, 0.2) is 0 Å². The molecule has 1 saturated heterocycles. The van der Waals surface area contributed by atoms with E-state index in [1.165, 1.54) is 6.42 Å². The van der Waals surface area contributed by atoms with E-state index in [2.05, 4.69) is 25.7 Å². The van der Waals surface area contributed by atoms with Crippen LogP contribution in [0.25, 0.3) is 0 Å². The normalized spacial score (nSPS) is 27.6. The summed E-state index contributed by atoms with van der Waals surface area (Å²) in [6, 6.07) is 0. The Kier molecular flexibility index (Phi) is 6.26. The molecule has 1 aliphatic rings. The molecular weight excluding hydrogens is 224 g/mol. The first kappa shape index (κ1) is 16.2. The standard InChI is InChI=1S/C12H26N2O.ClH/c1-4-12(10-15)6-5-7-14(9-12)8-11(2,3)13;/h15H,4-10,13H2,1-3H3;1H. The lowest BCUT2D eigenvalue weighted by Crippen LogP contribution is -2.52. The fraction of sp³-hybridized carbons (Fsp3) is 1.00. The van der Waals surface area contributed by atoms with E-state index in [4.69, 9.17) is 5.73 Å². The largest absolute Gasteiger partial charge is 0.396 e. The number of aliphatic hydroxyl groups is 1. The first-order valence-corrected chi connectivity index (χ1v) is 6.03. The molecule has 3 nitrogen and oxygen atoms in total. The molecule has 0 amide bonds. The Morgan fingerprint density at radius 1 is 1.44 bits per heavy atom. The fourth-order valence-corrected chi connectivity index (χ4v) is 2.55. The van der Waals surface area contributed by atoms with Crippen molar-refractivity contribution in [2.75, 3.05) is 26.2 Å². The third-order valence-corrected chi connectivity index (χ3v) is 3.46. The first-order valence-electron chi connectivity index (χ1n) is 6.03. The number of hydrogen-bond donors (Lipinski definition) is 2. The molecule has 4 heteroatoms. The second-order valence-electron chi connectivity index (χ2n) is 5.81. The van der Waals surface area contributed by atoms with Crippen LogP contribution in [0, 0.1) is 5.41 Å². The van der Waals surface area contributed by atoms with Crippen LogP contribution in [-0.4, -0.2) is 41.8 Å². The molecule has 0 aromatic rings. The summed E-state index contributed by atoms with van der Waals surface area (Å²) in [6.07, 6.45) is 3.40. The van der Waals surface area contributed by atoms with Gasteiger partial charge < -0.3 is 15.7 Å². The van der Waals surface area contributed by atoms with Gasteiger partial charge in [-0.05, 0) is 39.7 Å². The van der Waals surface area contributed by atoms with Gasteiger partial charge in [0.2, 0.25) is 0 Å². The zero-order valence-corrected chi connectivity index (χ0v) is 11.6. The fourth-order valence-electron chi connectivity index (χ4n) is 2.55. The van der Waals surface area contributed by atoms with Gasteiger partial charge >= 0.3 is 0 Å². The number of halogens is 1. The lowest BCUT2D eigenvalue weighted by atomic mass is 9.78. The molecule has 1 unspecified atom stereocenters. The molecule has 0 radical (unpaired) electrons. The van der Waals surface area contributed by atoms with Crippen molar-refractivity contribution in [3.8, 4) is 0 Å². The molecule has 0 aromatic carbocycles. The summed E-state index contributed by atoms with van der Waals surface area (Å²) in [5.74, 6) is 0. The molecule has 0 aliphatic carbocycles. The predicted octanol–water partition coefficient (Wildman–Crippen LogP) is 1.63. The highest BCUT2D eigenvalue weighted by Crippen LogP contribution is 2.32. The summed E-state index contributed by atoms with van der Waals surface area (Å²) in [4.78, 5) is 2.41. The van der Waals surface area contributed by atoms with E-state index < -0.39 is 0 Å². The summed E-state index contributed by atoms with van der Waals surface area (Å²) < 4.78 is 0. The van der Waals surface area contributed by atoms with Crippen molar-refractivity contribution < 1.29 is 5.11 Å². The summed E-state index contributed by atoms with van der Waals surface area (Å²) >= 11 is 0. The summed E-state index contributed by atoms with van der Waals surface area (Å²) in [5.41, 5.74) is 6.03. The van der Waals surface area contributed by atoms with Crippen molar-refractivity contribution in [1.82, 2.24) is 4.90 Å². The van der Waals surface area contributed by atoms with Crippen molar-refractivity contribution in [3.63, 3.8) is 0 Å². The predicted molar refractivity (Wildman–Crippen MR) is 71.0 cm³/mol. The van der Waals surface area contributed by atoms with Gasteiger partial charge in [0.25, 0.3) is 0 Å². The molecule has 1 aliphatic heterocycles. The van der Waals surface area contributed by atoms with Crippen LogP contribution in [0.5, 0.6) is 0 Å². The quantitative estimate of drug-likeness (QED) is 0.798. The van der Waals surface area contributed by atoms with Crippen LogP contribution < -0.4 is 5.73 Å². The minimum Gasteiger partial charge on any atom is -0.396 e.